The molecule has 1 heterocycles. The molecule has 1 aliphatic heterocycles. The molecular weight excluding hydrogens is 378 g/mol. The van der Waals surface area contributed by atoms with Gasteiger partial charge in [-0.3, -0.25) is 4.79 Å². The van der Waals surface area contributed by atoms with Gasteiger partial charge in [-0.25, -0.2) is 0 Å². The van der Waals surface area contributed by atoms with Crippen LogP contribution in [-0.2, 0) is 0 Å². The van der Waals surface area contributed by atoms with Gasteiger partial charge in [0.15, 0.2) is 0 Å². The summed E-state index contributed by atoms with van der Waals surface area (Å²) in [6, 6.07) is 14.9. The molecule has 0 unspecified atom stereocenters. The number of para-hydroxylation sites is 1. The molecule has 0 bridgehead atoms. The smallest absolute Gasteiger partial charge is 0.251 e. The molecule has 1 amide bonds. The molecule has 0 radical (unpaired) electrons. The van der Waals surface area contributed by atoms with Gasteiger partial charge in [-0.1, -0.05) is 51.1 Å². The minimum atomic E-state index is 0.00948. The zero-order valence-corrected chi connectivity index (χ0v) is 19.1. The summed E-state index contributed by atoms with van der Waals surface area (Å²) in [6.45, 7) is 11.4. The Morgan fingerprint density at radius 3 is 2.55 bits per heavy atom. The SMILES string of the molecule is CC[C@@H](C)CNC(=O)c1ccc2c(c1)N([C@H](C)CN(C)CC)c1ccccc1S2. The maximum Gasteiger partial charge on any atom is 0.251 e. The van der Waals surface area contributed by atoms with Crippen LogP contribution in [0.4, 0.5) is 11.4 Å². The molecular formula is C24H33N3OS. The lowest BCUT2D eigenvalue weighted by Crippen LogP contribution is -2.39. The third kappa shape index (κ3) is 4.96. The van der Waals surface area contributed by atoms with Crippen molar-refractivity contribution in [1.29, 1.82) is 0 Å². The highest BCUT2D eigenvalue weighted by Crippen LogP contribution is 2.49. The zero-order chi connectivity index (χ0) is 21.0. The van der Waals surface area contributed by atoms with E-state index < -0.39 is 0 Å². The van der Waals surface area contributed by atoms with Crippen molar-refractivity contribution in [1.82, 2.24) is 10.2 Å². The van der Waals surface area contributed by atoms with Gasteiger partial charge in [-0.15, -0.1) is 0 Å². The van der Waals surface area contributed by atoms with Crippen molar-refractivity contribution in [2.75, 3.05) is 31.6 Å². The van der Waals surface area contributed by atoms with Crippen molar-refractivity contribution in [3.05, 3.63) is 48.0 Å². The molecule has 29 heavy (non-hydrogen) atoms. The van der Waals surface area contributed by atoms with E-state index in [1.165, 1.54) is 15.5 Å². The number of carbonyl (C=O) groups is 1. The Labute approximate surface area is 179 Å². The number of amides is 1. The van der Waals surface area contributed by atoms with E-state index in [4.69, 9.17) is 0 Å². The molecule has 0 spiro atoms. The van der Waals surface area contributed by atoms with Gasteiger partial charge in [0.2, 0.25) is 0 Å². The number of carbonyl (C=O) groups excluding carboxylic acids is 1. The van der Waals surface area contributed by atoms with Gasteiger partial charge in [0.05, 0.1) is 11.4 Å². The van der Waals surface area contributed by atoms with Crippen LogP contribution < -0.4 is 10.2 Å². The Kier molecular flexibility index (Phi) is 7.25. The summed E-state index contributed by atoms with van der Waals surface area (Å²) in [6.07, 6.45) is 1.06. The third-order valence-corrected chi connectivity index (χ3v) is 6.82. The molecule has 156 valence electrons. The quantitative estimate of drug-likeness (QED) is 0.630. The number of likely N-dealkylation sites (N-methyl/N-ethyl adjacent to an activating group) is 1. The van der Waals surface area contributed by atoms with E-state index in [0.717, 1.165) is 30.8 Å². The standard InChI is InChI=1S/C24H33N3OS/c1-6-17(3)15-25-24(28)19-12-13-23-21(14-19)27(18(4)16-26(5)7-2)20-10-8-9-11-22(20)29-23/h8-14,17-18H,6-7,15-16H2,1-5H3,(H,25,28)/t17-,18-/m1/s1. The van der Waals surface area contributed by atoms with Crippen LogP contribution in [-0.4, -0.2) is 43.5 Å². The van der Waals surface area contributed by atoms with Crippen LogP contribution >= 0.6 is 11.8 Å². The largest absolute Gasteiger partial charge is 0.352 e. The average molecular weight is 412 g/mol. The first-order valence-electron chi connectivity index (χ1n) is 10.6. The van der Waals surface area contributed by atoms with Crippen LogP contribution in [0, 0.1) is 5.92 Å². The molecule has 0 saturated carbocycles. The first-order valence-corrected chi connectivity index (χ1v) is 11.4. The maximum atomic E-state index is 12.8. The Morgan fingerprint density at radius 1 is 1.10 bits per heavy atom. The van der Waals surface area contributed by atoms with Gasteiger partial charge in [-0.05, 0) is 56.8 Å². The summed E-state index contributed by atoms with van der Waals surface area (Å²) in [4.78, 5) is 20.0. The average Bonchev–Trinajstić information content (AvgIpc) is 2.74. The molecule has 2 aromatic carbocycles. The lowest BCUT2D eigenvalue weighted by atomic mass is 10.1. The van der Waals surface area contributed by atoms with Gasteiger partial charge < -0.3 is 15.1 Å². The predicted octanol–water partition coefficient (Wildman–Crippen LogP) is 5.41. The Bertz CT molecular complexity index is 854. The van der Waals surface area contributed by atoms with Gasteiger partial charge in [0.1, 0.15) is 0 Å². The highest BCUT2D eigenvalue weighted by atomic mass is 32.2. The molecule has 2 aromatic rings. The third-order valence-electron chi connectivity index (χ3n) is 5.69. The molecule has 5 heteroatoms. The number of hydrogen-bond donors (Lipinski definition) is 1. The lowest BCUT2D eigenvalue weighted by Gasteiger charge is -2.38. The van der Waals surface area contributed by atoms with Gasteiger partial charge in [0.25, 0.3) is 5.91 Å². The van der Waals surface area contributed by atoms with E-state index in [1.54, 1.807) is 11.8 Å². The van der Waals surface area contributed by atoms with E-state index in [1.807, 2.05) is 6.07 Å². The molecule has 3 rings (SSSR count). The number of fused-ring (bicyclic) bond motifs is 2. The van der Waals surface area contributed by atoms with E-state index >= 15 is 0 Å². The second-order valence-corrected chi connectivity index (χ2v) is 9.13. The zero-order valence-electron chi connectivity index (χ0n) is 18.2. The highest BCUT2D eigenvalue weighted by Gasteiger charge is 2.28. The number of rotatable bonds is 8. The van der Waals surface area contributed by atoms with E-state index in [-0.39, 0.29) is 5.91 Å². The van der Waals surface area contributed by atoms with Gasteiger partial charge >= 0.3 is 0 Å². The second kappa shape index (κ2) is 9.68. The predicted molar refractivity (Wildman–Crippen MR) is 124 cm³/mol. The first-order chi connectivity index (χ1) is 13.9. The van der Waals surface area contributed by atoms with Crippen molar-refractivity contribution in [3.63, 3.8) is 0 Å². The molecule has 1 N–H and O–H groups in total. The number of benzene rings is 2. The number of nitrogens with zero attached hydrogens (tertiary/aromatic N) is 2. The van der Waals surface area contributed by atoms with E-state index in [0.29, 0.717) is 18.5 Å². The van der Waals surface area contributed by atoms with Crippen LogP contribution in [0.25, 0.3) is 0 Å². The first kappa shape index (κ1) is 21.7. The Morgan fingerprint density at radius 2 is 1.83 bits per heavy atom. The Hall–Kier alpha value is -1.98. The van der Waals surface area contributed by atoms with Crippen molar-refractivity contribution in [3.8, 4) is 0 Å². The fraction of sp³-hybridized carbons (Fsp3) is 0.458. The molecule has 0 aliphatic carbocycles. The van der Waals surface area contributed by atoms with Crippen molar-refractivity contribution in [2.45, 2.75) is 49.9 Å². The van der Waals surface area contributed by atoms with E-state index in [2.05, 4.69) is 86.3 Å². The fourth-order valence-electron chi connectivity index (χ4n) is 3.57. The lowest BCUT2D eigenvalue weighted by molar-refractivity contribution is 0.0948. The fourth-order valence-corrected chi connectivity index (χ4v) is 4.63. The van der Waals surface area contributed by atoms with Crippen LogP contribution in [0.1, 0.15) is 44.5 Å². The second-order valence-electron chi connectivity index (χ2n) is 8.05. The van der Waals surface area contributed by atoms with Gasteiger partial charge in [0, 0.05) is 34.5 Å². The van der Waals surface area contributed by atoms with Crippen LogP contribution in [0.5, 0.6) is 0 Å². The number of nitrogens with one attached hydrogen (secondary N) is 1. The monoisotopic (exact) mass is 411 g/mol. The van der Waals surface area contributed by atoms with Gasteiger partial charge in [-0.2, -0.15) is 0 Å². The molecule has 1 aliphatic rings. The van der Waals surface area contributed by atoms with Crippen LogP contribution in [0.2, 0.25) is 0 Å². The molecule has 2 atom stereocenters. The summed E-state index contributed by atoms with van der Waals surface area (Å²) in [7, 11) is 2.15. The summed E-state index contributed by atoms with van der Waals surface area (Å²) in [5, 5.41) is 3.09. The summed E-state index contributed by atoms with van der Waals surface area (Å²) < 4.78 is 0. The topological polar surface area (TPSA) is 35.6 Å². The Balaban J connectivity index is 1.94. The number of hydrogen-bond acceptors (Lipinski definition) is 4. The van der Waals surface area contributed by atoms with Crippen molar-refractivity contribution >= 4 is 29.0 Å². The minimum Gasteiger partial charge on any atom is -0.352 e. The van der Waals surface area contributed by atoms with Crippen LogP contribution in [0.15, 0.2) is 52.3 Å². The molecule has 4 nitrogen and oxygen atoms in total. The van der Waals surface area contributed by atoms with Crippen LogP contribution in [0.3, 0.4) is 0 Å². The molecule has 0 saturated heterocycles. The summed E-state index contributed by atoms with van der Waals surface area (Å²) >= 11 is 1.78. The number of anilines is 2. The van der Waals surface area contributed by atoms with E-state index in [9.17, 15) is 4.79 Å². The molecule has 0 aromatic heterocycles. The minimum absolute atomic E-state index is 0.00948. The maximum absolute atomic E-state index is 12.8. The summed E-state index contributed by atoms with van der Waals surface area (Å²) in [5.41, 5.74) is 3.08. The summed E-state index contributed by atoms with van der Waals surface area (Å²) in [5.74, 6) is 0.496. The molecule has 0 fully saturated rings. The van der Waals surface area contributed by atoms with Crippen molar-refractivity contribution < 1.29 is 4.79 Å². The van der Waals surface area contributed by atoms with Crippen molar-refractivity contribution in [2.24, 2.45) is 5.92 Å². The normalized spacial score (nSPS) is 14.9. The highest BCUT2D eigenvalue weighted by molar-refractivity contribution is 7.99.